The monoisotopic (exact) mass is 360 g/mol. The Morgan fingerprint density at radius 1 is 1.23 bits per heavy atom. The van der Waals surface area contributed by atoms with E-state index in [4.69, 9.17) is 23.7 Å². The van der Waals surface area contributed by atoms with E-state index in [-0.39, 0.29) is 0 Å². The lowest BCUT2D eigenvalue weighted by molar-refractivity contribution is -0.275. The second-order valence-electron chi connectivity index (χ2n) is 6.63. The largest absolute Gasteiger partial charge is 0.464 e. The minimum absolute atomic E-state index is 0.396. The fourth-order valence-corrected chi connectivity index (χ4v) is 4.16. The second-order valence-corrected chi connectivity index (χ2v) is 6.63. The Morgan fingerprint density at radius 2 is 1.96 bits per heavy atom. The fourth-order valence-electron chi connectivity index (χ4n) is 4.16. The molecule has 138 valence electrons. The molecule has 26 heavy (non-hydrogen) atoms. The Bertz CT molecular complexity index is 771. The van der Waals surface area contributed by atoms with Gasteiger partial charge in [0.15, 0.2) is 12.4 Å². The van der Waals surface area contributed by atoms with Crippen molar-refractivity contribution in [3.8, 4) is 0 Å². The zero-order valence-corrected chi connectivity index (χ0v) is 14.8. The van der Waals surface area contributed by atoms with Crippen LogP contribution in [0.4, 0.5) is 0 Å². The van der Waals surface area contributed by atoms with Gasteiger partial charge < -0.3 is 18.9 Å². The fraction of sp³-hybridized carbons (Fsp3) is 0.474. The molecule has 0 N–H and O–H groups in total. The van der Waals surface area contributed by atoms with Crippen LogP contribution < -0.4 is 0 Å². The van der Waals surface area contributed by atoms with Crippen molar-refractivity contribution in [3.63, 3.8) is 0 Å². The number of hydrogen-bond donors (Lipinski definition) is 0. The van der Waals surface area contributed by atoms with Gasteiger partial charge in [-0.15, -0.1) is 0 Å². The Morgan fingerprint density at radius 3 is 2.62 bits per heavy atom. The Kier molecular flexibility index (Phi) is 4.00. The maximum Gasteiger partial charge on any atom is 0.380 e. The molecule has 5 atom stereocenters. The number of rotatable bonds is 4. The lowest BCUT2D eigenvalue weighted by Gasteiger charge is -2.38. The van der Waals surface area contributed by atoms with Crippen LogP contribution in [0.5, 0.6) is 0 Å². The van der Waals surface area contributed by atoms with Crippen LogP contribution in [-0.4, -0.2) is 44.3 Å². The molecule has 2 saturated heterocycles. The van der Waals surface area contributed by atoms with Crippen LogP contribution in [0.1, 0.15) is 12.5 Å². The van der Waals surface area contributed by atoms with Crippen molar-refractivity contribution in [1.82, 2.24) is 0 Å². The van der Waals surface area contributed by atoms with Crippen LogP contribution in [0.25, 0.3) is 0 Å². The molecule has 1 aromatic carbocycles. The van der Waals surface area contributed by atoms with Crippen molar-refractivity contribution < 1.29 is 33.3 Å². The summed E-state index contributed by atoms with van der Waals surface area (Å²) in [5.41, 5.74) is 1.82. The number of carbonyl (C=O) groups is 2. The first kappa shape index (κ1) is 17.1. The summed E-state index contributed by atoms with van der Waals surface area (Å²) in [6.07, 6.45) is -1.10. The summed E-state index contributed by atoms with van der Waals surface area (Å²) >= 11 is 0. The van der Waals surface area contributed by atoms with Gasteiger partial charge in [0, 0.05) is 7.11 Å². The first-order valence-corrected chi connectivity index (χ1v) is 8.44. The maximum atomic E-state index is 12.7. The summed E-state index contributed by atoms with van der Waals surface area (Å²) in [6.45, 7) is 1.73. The van der Waals surface area contributed by atoms with Crippen molar-refractivity contribution in [2.45, 2.75) is 31.5 Å². The molecule has 4 rings (SSSR count). The molecule has 0 spiro atoms. The van der Waals surface area contributed by atoms with Crippen LogP contribution >= 0.6 is 0 Å². The lowest BCUT2D eigenvalue weighted by Crippen LogP contribution is -2.53. The van der Waals surface area contributed by atoms with Gasteiger partial charge in [-0.2, -0.15) is 0 Å². The summed E-state index contributed by atoms with van der Waals surface area (Å²) in [6, 6.07) is 9.75. The summed E-state index contributed by atoms with van der Waals surface area (Å²) < 4.78 is 27.5. The van der Waals surface area contributed by atoms with Crippen molar-refractivity contribution in [2.24, 2.45) is 11.8 Å². The Balaban J connectivity index is 1.79. The molecule has 7 heteroatoms. The highest BCUT2D eigenvalue weighted by Crippen LogP contribution is 2.55. The van der Waals surface area contributed by atoms with Gasteiger partial charge in [0.2, 0.25) is 0 Å². The van der Waals surface area contributed by atoms with E-state index in [0.29, 0.717) is 12.2 Å². The van der Waals surface area contributed by atoms with Crippen molar-refractivity contribution in [3.05, 3.63) is 47.2 Å². The van der Waals surface area contributed by atoms with E-state index < -0.39 is 42.0 Å². The van der Waals surface area contributed by atoms with E-state index in [1.54, 1.807) is 6.92 Å². The van der Waals surface area contributed by atoms with Crippen LogP contribution in [-0.2, 0) is 39.7 Å². The topological polar surface area (TPSA) is 80.3 Å². The van der Waals surface area contributed by atoms with Gasteiger partial charge in [0.25, 0.3) is 0 Å². The number of methoxy groups -OCH3 is 2. The minimum Gasteiger partial charge on any atom is -0.464 e. The zero-order chi connectivity index (χ0) is 18.5. The summed E-state index contributed by atoms with van der Waals surface area (Å²) in [5, 5.41) is 0. The SMILES string of the molecule is COC(=O)[C@@]12OC(C)=C(Cc3ccccc3)[C@H]3C(=O)O[C@@H]([C@H](OC)O1)[C@H]32. The molecule has 0 unspecified atom stereocenters. The average Bonchev–Trinajstić information content (AvgIpc) is 3.15. The molecule has 0 aromatic heterocycles. The molecule has 0 aliphatic carbocycles. The molecule has 3 aliphatic heterocycles. The predicted molar refractivity (Wildman–Crippen MR) is 87.4 cm³/mol. The van der Waals surface area contributed by atoms with Crippen molar-refractivity contribution in [1.29, 1.82) is 0 Å². The third kappa shape index (κ3) is 2.27. The molecule has 1 aromatic rings. The minimum atomic E-state index is -1.73. The summed E-state index contributed by atoms with van der Waals surface area (Å²) in [7, 11) is 2.68. The molecule has 0 saturated carbocycles. The van der Waals surface area contributed by atoms with Gasteiger partial charge >= 0.3 is 17.7 Å². The van der Waals surface area contributed by atoms with Crippen LogP contribution in [0.2, 0.25) is 0 Å². The van der Waals surface area contributed by atoms with Gasteiger partial charge in [0.1, 0.15) is 0 Å². The molecule has 0 bridgehead atoms. The van der Waals surface area contributed by atoms with E-state index in [2.05, 4.69) is 0 Å². The number of ether oxygens (including phenoxy) is 5. The van der Waals surface area contributed by atoms with Gasteiger partial charge in [-0.1, -0.05) is 30.3 Å². The first-order chi connectivity index (χ1) is 12.5. The van der Waals surface area contributed by atoms with Gasteiger partial charge in [0.05, 0.1) is 24.7 Å². The van der Waals surface area contributed by atoms with E-state index in [0.717, 1.165) is 11.1 Å². The van der Waals surface area contributed by atoms with E-state index in [1.165, 1.54) is 14.2 Å². The van der Waals surface area contributed by atoms with Crippen molar-refractivity contribution in [2.75, 3.05) is 14.2 Å². The molecule has 7 nitrogen and oxygen atoms in total. The highest BCUT2D eigenvalue weighted by Gasteiger charge is 2.73. The number of esters is 2. The second kappa shape index (κ2) is 6.10. The molecule has 0 amide bonds. The van der Waals surface area contributed by atoms with E-state index in [9.17, 15) is 9.59 Å². The molecular formula is C19H20O7. The number of carbonyl (C=O) groups excluding carboxylic acids is 2. The third-order valence-electron chi connectivity index (χ3n) is 5.29. The molecule has 3 heterocycles. The van der Waals surface area contributed by atoms with Gasteiger partial charge in [-0.05, 0) is 24.5 Å². The van der Waals surface area contributed by atoms with E-state index in [1.807, 2.05) is 30.3 Å². The number of benzene rings is 1. The number of allylic oxidation sites excluding steroid dienone is 1. The van der Waals surface area contributed by atoms with E-state index >= 15 is 0 Å². The quantitative estimate of drug-likeness (QED) is 0.754. The van der Waals surface area contributed by atoms with Crippen LogP contribution in [0.15, 0.2) is 41.7 Å². The number of hydrogen-bond acceptors (Lipinski definition) is 7. The van der Waals surface area contributed by atoms with Gasteiger partial charge in [-0.3, -0.25) is 9.53 Å². The van der Waals surface area contributed by atoms with Crippen molar-refractivity contribution >= 4 is 11.9 Å². The Hall–Kier alpha value is -2.38. The predicted octanol–water partition coefficient (Wildman–Crippen LogP) is 1.56. The zero-order valence-electron chi connectivity index (χ0n) is 14.8. The molecule has 2 fully saturated rings. The summed E-state index contributed by atoms with van der Waals surface area (Å²) in [5.74, 6) is -3.67. The van der Waals surface area contributed by atoms with Crippen LogP contribution in [0.3, 0.4) is 0 Å². The molecule has 3 aliphatic rings. The molecule has 0 radical (unpaired) electrons. The normalized spacial score (nSPS) is 35.0. The maximum absolute atomic E-state index is 12.7. The summed E-state index contributed by atoms with van der Waals surface area (Å²) in [4.78, 5) is 25.2. The Labute approximate surface area is 150 Å². The highest BCUT2D eigenvalue weighted by atomic mass is 16.8. The highest BCUT2D eigenvalue weighted by molar-refractivity contribution is 5.86. The first-order valence-electron chi connectivity index (χ1n) is 8.44. The standard InChI is InChI=1S/C19H20O7/c1-10-12(9-11-7-5-4-6-8-11)13-14-15(24-16(13)20)17(22-2)26-19(14,25-10)18(21)23-3/h4-8,13-15,17H,9H2,1-3H3/t13-,14+,15-,17-,19+/m1/s1. The lowest BCUT2D eigenvalue weighted by atomic mass is 9.76. The third-order valence-corrected chi connectivity index (χ3v) is 5.29. The molecular weight excluding hydrogens is 340 g/mol. The van der Waals surface area contributed by atoms with Gasteiger partial charge in [-0.25, -0.2) is 4.79 Å². The smallest absolute Gasteiger partial charge is 0.380 e. The van der Waals surface area contributed by atoms with Crippen LogP contribution in [0, 0.1) is 11.8 Å². The average molecular weight is 360 g/mol.